The molecule has 264 valence electrons. The summed E-state index contributed by atoms with van der Waals surface area (Å²) >= 11 is 4.21. The zero-order valence-corrected chi connectivity index (χ0v) is 31.7. The molecule has 2 N–H and O–H groups in total. The molecule has 2 rings (SSSR count). The van der Waals surface area contributed by atoms with E-state index in [-0.39, 0.29) is 23.9 Å². The third-order valence-corrected chi connectivity index (χ3v) is 10.3. The van der Waals surface area contributed by atoms with Crippen LogP contribution in [-0.4, -0.2) is 49.0 Å². The highest BCUT2D eigenvalue weighted by Gasteiger charge is 2.35. The first-order valence-corrected chi connectivity index (χ1v) is 18.6. The number of ether oxygens (including phenoxy) is 3. The summed E-state index contributed by atoms with van der Waals surface area (Å²) in [6.45, 7) is 20.2. The molecule has 1 aromatic carbocycles. The van der Waals surface area contributed by atoms with Crippen LogP contribution in [0.5, 0.6) is 11.5 Å². The van der Waals surface area contributed by atoms with Crippen LogP contribution < -0.4 is 20.1 Å². The molecule has 1 aliphatic heterocycles. The molecule has 0 bridgehead atoms. The molecule has 0 saturated carbocycles. The fraction of sp³-hybridized carbons (Fsp3) is 0.789. The van der Waals surface area contributed by atoms with E-state index in [2.05, 4.69) is 71.7 Å². The van der Waals surface area contributed by atoms with Crippen molar-refractivity contribution in [3.05, 3.63) is 22.3 Å². The smallest absolute Gasteiger partial charge is 0.329 e. The first-order chi connectivity index (χ1) is 21.8. The SMILES string of the molecule is CCOC(=O)[C@H](CS)NC(=O)[C@H](C)NCc1c2c(c(C)c(C)c1OC)OC(C)(CCCC(C)CCCC(C)CCCC(C)C)CC2. The van der Waals surface area contributed by atoms with Gasteiger partial charge in [-0.25, -0.2) is 4.79 Å². The highest BCUT2D eigenvalue weighted by Crippen LogP contribution is 2.45. The minimum atomic E-state index is -0.786. The molecule has 1 aromatic rings. The summed E-state index contributed by atoms with van der Waals surface area (Å²) in [5.74, 6) is 3.62. The summed E-state index contributed by atoms with van der Waals surface area (Å²) in [5.41, 5.74) is 4.17. The lowest BCUT2D eigenvalue weighted by molar-refractivity contribution is -0.146. The lowest BCUT2D eigenvalue weighted by Gasteiger charge is -2.39. The maximum absolute atomic E-state index is 12.9. The van der Waals surface area contributed by atoms with Gasteiger partial charge in [0.25, 0.3) is 0 Å². The van der Waals surface area contributed by atoms with E-state index in [1.165, 1.54) is 51.4 Å². The number of amides is 1. The van der Waals surface area contributed by atoms with Crippen molar-refractivity contribution < 1.29 is 23.8 Å². The summed E-state index contributed by atoms with van der Waals surface area (Å²) in [7, 11) is 1.70. The van der Waals surface area contributed by atoms with Crippen molar-refractivity contribution >= 4 is 24.5 Å². The Balaban J connectivity index is 1.99. The van der Waals surface area contributed by atoms with Crippen molar-refractivity contribution in [1.29, 1.82) is 0 Å². The molecular weight excluding hydrogens is 596 g/mol. The predicted molar refractivity (Wildman–Crippen MR) is 193 cm³/mol. The third-order valence-electron chi connectivity index (χ3n) is 9.94. The molecule has 0 spiro atoms. The van der Waals surface area contributed by atoms with Crippen LogP contribution in [0.2, 0.25) is 0 Å². The van der Waals surface area contributed by atoms with Gasteiger partial charge in [-0.3, -0.25) is 4.79 Å². The molecule has 0 aromatic heterocycles. The molecule has 3 unspecified atom stereocenters. The molecule has 8 heteroatoms. The number of carbonyl (C=O) groups is 2. The van der Waals surface area contributed by atoms with Crippen LogP contribution in [0.25, 0.3) is 0 Å². The first-order valence-electron chi connectivity index (χ1n) is 18.0. The lowest BCUT2D eigenvalue weighted by Crippen LogP contribution is -2.50. The van der Waals surface area contributed by atoms with Gasteiger partial charge in [-0.2, -0.15) is 12.6 Å². The van der Waals surface area contributed by atoms with Crippen molar-refractivity contribution in [3.8, 4) is 11.5 Å². The second-order valence-corrected chi connectivity index (χ2v) is 14.9. The Kier molecular flexibility index (Phi) is 17.3. The van der Waals surface area contributed by atoms with E-state index in [0.29, 0.717) is 6.54 Å². The molecule has 1 amide bonds. The number of carbonyl (C=O) groups excluding carboxylic acids is 2. The monoisotopic (exact) mass is 662 g/mol. The van der Waals surface area contributed by atoms with Crippen LogP contribution in [0.3, 0.4) is 0 Å². The molecule has 0 radical (unpaired) electrons. The Hall–Kier alpha value is -1.93. The van der Waals surface area contributed by atoms with E-state index in [1.54, 1.807) is 21.0 Å². The fourth-order valence-electron chi connectivity index (χ4n) is 6.67. The fourth-order valence-corrected chi connectivity index (χ4v) is 6.91. The van der Waals surface area contributed by atoms with E-state index >= 15 is 0 Å². The summed E-state index contributed by atoms with van der Waals surface area (Å²) in [6.07, 6.45) is 13.4. The quantitative estimate of drug-likeness (QED) is 0.0908. The van der Waals surface area contributed by atoms with Crippen molar-refractivity contribution in [1.82, 2.24) is 10.6 Å². The molecular formula is C38H66N2O5S. The van der Waals surface area contributed by atoms with Crippen LogP contribution in [0, 0.1) is 31.6 Å². The van der Waals surface area contributed by atoms with Gasteiger partial charge >= 0.3 is 5.97 Å². The Morgan fingerprint density at radius 1 is 0.957 bits per heavy atom. The number of rotatable bonds is 21. The van der Waals surface area contributed by atoms with Crippen molar-refractivity contribution in [2.75, 3.05) is 19.5 Å². The predicted octanol–water partition coefficient (Wildman–Crippen LogP) is 8.29. The van der Waals surface area contributed by atoms with Crippen LogP contribution in [0.15, 0.2) is 0 Å². The second-order valence-electron chi connectivity index (χ2n) is 14.6. The second kappa shape index (κ2) is 19.8. The summed E-state index contributed by atoms with van der Waals surface area (Å²) in [6, 6.07) is -1.32. The van der Waals surface area contributed by atoms with E-state index in [0.717, 1.165) is 70.8 Å². The van der Waals surface area contributed by atoms with E-state index in [1.807, 2.05) is 0 Å². The first kappa shape index (κ1) is 40.2. The van der Waals surface area contributed by atoms with Crippen LogP contribution >= 0.6 is 12.6 Å². The van der Waals surface area contributed by atoms with Crippen LogP contribution in [0.1, 0.15) is 135 Å². The Morgan fingerprint density at radius 3 is 2.13 bits per heavy atom. The largest absolute Gasteiger partial charge is 0.496 e. The lowest BCUT2D eigenvalue weighted by atomic mass is 9.83. The third kappa shape index (κ3) is 12.3. The molecule has 0 aliphatic carbocycles. The van der Waals surface area contributed by atoms with Gasteiger partial charge in [0, 0.05) is 23.4 Å². The van der Waals surface area contributed by atoms with E-state index in [9.17, 15) is 9.59 Å². The van der Waals surface area contributed by atoms with Gasteiger partial charge in [-0.1, -0.05) is 72.6 Å². The Labute approximate surface area is 286 Å². The number of hydrogen-bond donors (Lipinski definition) is 3. The summed E-state index contributed by atoms with van der Waals surface area (Å²) in [4.78, 5) is 25.1. The van der Waals surface area contributed by atoms with Crippen molar-refractivity contribution in [2.45, 2.75) is 157 Å². The van der Waals surface area contributed by atoms with Gasteiger partial charge in [-0.15, -0.1) is 0 Å². The number of nitrogens with one attached hydrogen (secondary N) is 2. The Morgan fingerprint density at radius 2 is 1.57 bits per heavy atom. The number of hydrogen-bond acceptors (Lipinski definition) is 7. The van der Waals surface area contributed by atoms with Gasteiger partial charge in [-0.05, 0) is 89.2 Å². The number of thiol groups is 1. The summed E-state index contributed by atoms with van der Waals surface area (Å²) in [5, 5.41) is 6.11. The molecule has 1 aliphatic rings. The number of benzene rings is 1. The van der Waals surface area contributed by atoms with E-state index in [4.69, 9.17) is 14.2 Å². The Bertz CT molecular complexity index is 1110. The number of methoxy groups -OCH3 is 1. The average molecular weight is 663 g/mol. The minimum absolute atomic E-state index is 0.169. The molecule has 0 fully saturated rings. The molecule has 0 saturated heterocycles. The highest BCUT2D eigenvalue weighted by atomic mass is 32.1. The van der Waals surface area contributed by atoms with Gasteiger partial charge in [0.15, 0.2) is 0 Å². The molecule has 5 atom stereocenters. The number of fused-ring (bicyclic) bond motifs is 1. The van der Waals surface area contributed by atoms with Gasteiger partial charge < -0.3 is 24.8 Å². The average Bonchev–Trinajstić information content (AvgIpc) is 3.00. The normalized spacial score (nSPS) is 18.7. The standard InChI is InChI=1S/C38H66N2O5S/c1-11-44-37(42)33(24-46)40-36(41)30(8)39-23-32-31-20-22-38(9,45-35(31)29(7)28(6)34(32)43-10)21-14-19-27(5)18-13-17-26(4)16-12-15-25(2)3/h25-27,30,33,39,46H,11-24H2,1-10H3,(H,40,41)/t26?,27?,30-,33-,38?/m0/s1. The molecule has 1 heterocycles. The summed E-state index contributed by atoms with van der Waals surface area (Å²) < 4.78 is 17.8. The van der Waals surface area contributed by atoms with Crippen LogP contribution in [-0.2, 0) is 27.3 Å². The minimum Gasteiger partial charge on any atom is -0.496 e. The maximum atomic E-state index is 12.9. The maximum Gasteiger partial charge on any atom is 0.329 e. The van der Waals surface area contributed by atoms with Gasteiger partial charge in [0.05, 0.1) is 19.8 Å². The van der Waals surface area contributed by atoms with Gasteiger partial charge in [0.1, 0.15) is 23.1 Å². The molecule has 46 heavy (non-hydrogen) atoms. The zero-order chi connectivity index (χ0) is 34.4. The van der Waals surface area contributed by atoms with Crippen LogP contribution in [0.4, 0.5) is 0 Å². The topological polar surface area (TPSA) is 85.9 Å². The highest BCUT2D eigenvalue weighted by molar-refractivity contribution is 7.80. The van der Waals surface area contributed by atoms with Gasteiger partial charge in [0.2, 0.25) is 5.91 Å². The van der Waals surface area contributed by atoms with E-state index < -0.39 is 18.1 Å². The zero-order valence-electron chi connectivity index (χ0n) is 30.8. The molecule has 7 nitrogen and oxygen atoms in total. The number of esters is 1. The van der Waals surface area contributed by atoms with Crippen molar-refractivity contribution in [2.24, 2.45) is 17.8 Å². The van der Waals surface area contributed by atoms with Crippen molar-refractivity contribution in [3.63, 3.8) is 0 Å².